The van der Waals surface area contributed by atoms with Gasteiger partial charge in [-0.3, -0.25) is 24.0 Å². The van der Waals surface area contributed by atoms with Crippen LogP contribution in [-0.4, -0.2) is 106 Å². The van der Waals surface area contributed by atoms with Crippen LogP contribution < -0.4 is 11.1 Å². The molecule has 282 valence electrons. The van der Waals surface area contributed by atoms with E-state index in [1.54, 1.807) is 13.8 Å². The predicted molar refractivity (Wildman–Crippen MR) is 187 cm³/mol. The molecule has 1 aliphatic carbocycles. The number of rotatable bonds is 12. The minimum atomic E-state index is -3.51. The number of hydrogen-bond donors (Lipinski definition) is 3. The van der Waals surface area contributed by atoms with E-state index in [1.807, 2.05) is 0 Å². The van der Waals surface area contributed by atoms with E-state index >= 15 is 0 Å². The number of nitrogens with zero attached hydrogens (tertiary/aromatic N) is 5. The van der Waals surface area contributed by atoms with Crippen LogP contribution in [0.4, 0.5) is 0 Å². The van der Waals surface area contributed by atoms with E-state index in [0.29, 0.717) is 5.69 Å². The molecule has 3 fully saturated rings. The van der Waals surface area contributed by atoms with Gasteiger partial charge in [0.2, 0.25) is 11.7 Å². The molecule has 2 aliphatic heterocycles. The third kappa shape index (κ3) is 8.47. The summed E-state index contributed by atoms with van der Waals surface area (Å²) in [5.41, 5.74) is 2.76. The van der Waals surface area contributed by atoms with Crippen LogP contribution in [0.25, 0.3) is 0 Å². The van der Waals surface area contributed by atoms with Crippen molar-refractivity contribution in [3.8, 4) is 0 Å². The van der Waals surface area contributed by atoms with Gasteiger partial charge in [0.05, 0.1) is 28.6 Å². The van der Waals surface area contributed by atoms with Crippen molar-refractivity contribution in [3.63, 3.8) is 0 Å². The molecular formula is C35H47N7O9S. The Hall–Kier alpha value is -4.35. The van der Waals surface area contributed by atoms with Gasteiger partial charge in [-0.2, -0.15) is 0 Å². The number of carbonyl (C=O) groups is 5. The number of aliphatic hydroxyl groups is 1. The van der Waals surface area contributed by atoms with Gasteiger partial charge in [-0.15, -0.1) is 5.10 Å². The second-order valence-electron chi connectivity index (χ2n) is 14.4. The van der Waals surface area contributed by atoms with Gasteiger partial charge >= 0.3 is 0 Å². The van der Waals surface area contributed by atoms with Crippen LogP contribution in [0.1, 0.15) is 101 Å². The van der Waals surface area contributed by atoms with E-state index in [-0.39, 0.29) is 73.3 Å². The van der Waals surface area contributed by atoms with Crippen LogP contribution >= 0.6 is 0 Å². The number of hydrogen-bond acceptors (Lipinski definition) is 11. The van der Waals surface area contributed by atoms with E-state index in [9.17, 15) is 37.5 Å². The fourth-order valence-corrected chi connectivity index (χ4v) is 8.15. The smallest absolute Gasteiger partial charge is 0.287 e. The number of likely N-dealkylation sites (tertiary alicyclic amines) is 1. The number of amides is 4. The Kier molecular flexibility index (Phi) is 11.7. The molecule has 2 saturated heterocycles. The van der Waals surface area contributed by atoms with Crippen molar-refractivity contribution < 1.29 is 42.2 Å². The molecule has 1 saturated carbocycles. The number of ketones is 1. The van der Waals surface area contributed by atoms with E-state index < -0.39 is 62.5 Å². The summed E-state index contributed by atoms with van der Waals surface area (Å²) in [5, 5.41) is 21.7. The highest BCUT2D eigenvalue weighted by Gasteiger charge is 2.49. The molecule has 52 heavy (non-hydrogen) atoms. The van der Waals surface area contributed by atoms with Gasteiger partial charge in [-0.05, 0) is 50.5 Å². The summed E-state index contributed by atoms with van der Waals surface area (Å²) in [4.78, 5) is 73.4. The van der Waals surface area contributed by atoms with Crippen molar-refractivity contribution >= 4 is 45.0 Å². The summed E-state index contributed by atoms with van der Waals surface area (Å²) in [7, 11) is -3.51. The first-order valence-corrected chi connectivity index (χ1v) is 19.3. The number of nitrogens with two attached hydrogens (primary N) is 1. The normalized spacial score (nSPS) is 21.5. The second kappa shape index (κ2) is 15.7. The summed E-state index contributed by atoms with van der Waals surface area (Å²) >= 11 is 0. The molecule has 4 N–H and O–H groups in total. The third-order valence-electron chi connectivity index (χ3n) is 10.3. The minimum Gasteiger partial charge on any atom is -0.384 e. The lowest BCUT2D eigenvalue weighted by Gasteiger charge is -2.37. The average Bonchev–Trinajstić information content (AvgIpc) is 3.80. The van der Waals surface area contributed by atoms with Crippen LogP contribution in [0, 0.1) is 5.92 Å². The Morgan fingerprint density at radius 2 is 1.73 bits per heavy atom. The number of sulfone groups is 1. The molecule has 0 bridgehead atoms. The standard InChI is InChI=1S/C35H47N7O9S/c1-4-52(49,50)25-12-10-23(11-13-25)31(45)38-26(18-22-8-6-5-7-9-22)33(47)41-21-24(42-28(20-37-40-42)34(2,3)48)19-27(41)32(46)39-35(29(43)30(36)44)14-16-51-17-15-35/h10-13,20,22,24,27,48H,4-9,14-19,21H2,1-3H3,(H2,36,44)(H,39,46)/b38-26+/t24-,27-/m0/s1. The molecule has 0 radical (unpaired) electrons. The SMILES string of the molecule is CCS(=O)(=O)c1ccc(C(=O)/N=C(\CC2CCCCC2)C(=O)N2C[C@@H](n3nncc3C(C)(C)O)C[C@H]2C(=O)NC2(C(=O)C(N)=O)CCOCC2)cc1. The molecule has 2 atom stereocenters. The van der Waals surface area contributed by atoms with Crippen LogP contribution in [0.2, 0.25) is 0 Å². The Bertz CT molecular complexity index is 1820. The lowest BCUT2D eigenvalue weighted by atomic mass is 9.84. The maximum absolute atomic E-state index is 14.7. The van der Waals surface area contributed by atoms with Crippen LogP contribution in [0.3, 0.4) is 0 Å². The van der Waals surface area contributed by atoms with Gasteiger partial charge in [0.15, 0.2) is 9.84 Å². The number of primary amides is 1. The van der Waals surface area contributed by atoms with Crippen molar-refractivity contribution in [2.24, 2.45) is 16.6 Å². The quantitative estimate of drug-likeness (QED) is 0.208. The predicted octanol–water partition coefficient (Wildman–Crippen LogP) is 1.41. The zero-order chi connectivity index (χ0) is 37.8. The van der Waals surface area contributed by atoms with Gasteiger partial charge in [0.1, 0.15) is 22.9 Å². The molecule has 0 unspecified atom stereocenters. The fourth-order valence-electron chi connectivity index (χ4n) is 7.27. The van der Waals surface area contributed by atoms with E-state index in [0.717, 1.165) is 32.1 Å². The number of aromatic nitrogens is 3. The fraction of sp³-hybridized carbons (Fsp3) is 0.600. The first kappa shape index (κ1) is 38.9. The number of nitrogens with one attached hydrogen (secondary N) is 1. The Labute approximate surface area is 302 Å². The van der Waals surface area contributed by atoms with Crippen molar-refractivity contribution in [3.05, 3.63) is 41.7 Å². The number of ether oxygens (including phenoxy) is 1. The monoisotopic (exact) mass is 741 g/mol. The van der Waals surface area contributed by atoms with Crippen molar-refractivity contribution in [2.75, 3.05) is 25.5 Å². The first-order chi connectivity index (χ1) is 24.6. The largest absolute Gasteiger partial charge is 0.384 e. The molecule has 0 spiro atoms. The van der Waals surface area contributed by atoms with Crippen LogP contribution in [-0.2, 0) is 39.4 Å². The molecular weight excluding hydrogens is 694 g/mol. The molecule has 5 rings (SSSR count). The number of benzene rings is 1. The average molecular weight is 742 g/mol. The van der Waals surface area contributed by atoms with Crippen molar-refractivity contribution in [1.29, 1.82) is 0 Å². The highest BCUT2D eigenvalue weighted by molar-refractivity contribution is 7.91. The molecule has 2 aromatic rings. The number of carbonyl (C=O) groups excluding carboxylic acids is 5. The molecule has 1 aromatic heterocycles. The topological polar surface area (TPSA) is 233 Å². The maximum atomic E-state index is 14.7. The number of aliphatic imine (C=N–C) groups is 1. The molecule has 4 amide bonds. The highest BCUT2D eigenvalue weighted by Crippen LogP contribution is 2.34. The van der Waals surface area contributed by atoms with Gasteiger partial charge < -0.3 is 25.8 Å². The third-order valence-corrected chi connectivity index (χ3v) is 12.0. The van der Waals surface area contributed by atoms with E-state index in [4.69, 9.17) is 10.5 Å². The van der Waals surface area contributed by atoms with Gasteiger partial charge in [0.25, 0.3) is 17.7 Å². The summed E-state index contributed by atoms with van der Waals surface area (Å²) in [5.74, 6) is -4.36. The van der Waals surface area contributed by atoms with Gasteiger partial charge in [-0.1, -0.05) is 44.2 Å². The summed E-state index contributed by atoms with van der Waals surface area (Å²) in [6.45, 7) is 4.73. The molecule has 17 heteroatoms. The number of Topliss-reactive ketones (excluding diaryl/α,β-unsaturated/α-hetero) is 1. The lowest BCUT2D eigenvalue weighted by molar-refractivity contribution is -0.146. The summed E-state index contributed by atoms with van der Waals surface area (Å²) in [6, 6.07) is 3.50. The van der Waals surface area contributed by atoms with Crippen LogP contribution in [0.5, 0.6) is 0 Å². The van der Waals surface area contributed by atoms with Crippen molar-refractivity contribution in [1.82, 2.24) is 25.2 Å². The Balaban J connectivity index is 1.52. The zero-order valence-corrected chi connectivity index (χ0v) is 30.6. The summed E-state index contributed by atoms with van der Waals surface area (Å²) in [6.07, 6.45) is 6.17. The van der Waals surface area contributed by atoms with E-state index in [1.165, 1.54) is 47.0 Å². The molecule has 1 aromatic carbocycles. The summed E-state index contributed by atoms with van der Waals surface area (Å²) < 4.78 is 31.5. The van der Waals surface area contributed by atoms with Crippen LogP contribution in [0.15, 0.2) is 40.4 Å². The zero-order valence-electron chi connectivity index (χ0n) is 29.7. The Morgan fingerprint density at radius 3 is 2.33 bits per heavy atom. The van der Waals surface area contributed by atoms with Gasteiger partial charge in [0, 0.05) is 44.6 Å². The minimum absolute atomic E-state index is 0.000620. The maximum Gasteiger partial charge on any atom is 0.287 e. The Morgan fingerprint density at radius 1 is 1.08 bits per heavy atom. The first-order valence-electron chi connectivity index (χ1n) is 17.7. The lowest BCUT2D eigenvalue weighted by Crippen LogP contribution is -2.63. The second-order valence-corrected chi connectivity index (χ2v) is 16.6. The molecule has 3 aliphatic rings. The van der Waals surface area contributed by atoms with Crippen molar-refractivity contribution in [2.45, 2.75) is 107 Å². The van der Waals surface area contributed by atoms with Gasteiger partial charge in [-0.25, -0.2) is 18.1 Å². The molecule has 3 heterocycles. The van der Waals surface area contributed by atoms with E-state index in [2.05, 4.69) is 20.6 Å². The highest BCUT2D eigenvalue weighted by atomic mass is 32.2. The molecule has 16 nitrogen and oxygen atoms in total.